The molecule has 0 atom stereocenters. The number of hydrogen-bond acceptors (Lipinski definition) is 4. The van der Waals surface area contributed by atoms with E-state index in [0.29, 0.717) is 21.8 Å². The summed E-state index contributed by atoms with van der Waals surface area (Å²) >= 11 is 1.30. The third-order valence-corrected chi connectivity index (χ3v) is 3.71. The highest BCUT2D eigenvalue weighted by Crippen LogP contribution is 2.21. The molecule has 21 heavy (non-hydrogen) atoms. The Labute approximate surface area is 125 Å². The van der Waals surface area contributed by atoms with E-state index in [1.54, 1.807) is 6.92 Å². The average Bonchev–Trinajstić information content (AvgIpc) is 2.78. The number of benzene rings is 1. The van der Waals surface area contributed by atoms with Crippen LogP contribution in [0.2, 0.25) is 0 Å². The Bertz CT molecular complexity index is 744. The van der Waals surface area contributed by atoms with E-state index in [4.69, 9.17) is 5.11 Å². The summed E-state index contributed by atoms with van der Waals surface area (Å²) in [5.74, 6) is 4.29. The van der Waals surface area contributed by atoms with Gasteiger partial charge in [-0.2, -0.15) is 0 Å². The zero-order valence-electron chi connectivity index (χ0n) is 11.5. The molecule has 0 saturated heterocycles. The van der Waals surface area contributed by atoms with Crippen molar-refractivity contribution in [1.29, 1.82) is 0 Å². The van der Waals surface area contributed by atoms with Crippen molar-refractivity contribution in [1.82, 2.24) is 4.98 Å². The third kappa shape index (κ3) is 3.66. The van der Waals surface area contributed by atoms with Gasteiger partial charge in [0.1, 0.15) is 17.3 Å². The molecular formula is C15H13FN2O2S. The number of aryl methyl sites for hydroxylation is 2. The van der Waals surface area contributed by atoms with E-state index >= 15 is 0 Å². The number of thiazole rings is 1. The second-order valence-corrected chi connectivity index (χ2v) is 5.45. The molecule has 2 aromatic rings. The fourth-order valence-corrected chi connectivity index (χ4v) is 2.60. The first-order valence-electron chi connectivity index (χ1n) is 6.16. The van der Waals surface area contributed by atoms with Crippen molar-refractivity contribution in [2.24, 2.45) is 0 Å². The molecule has 0 aliphatic rings. The van der Waals surface area contributed by atoms with Crippen LogP contribution in [0.25, 0.3) is 0 Å². The van der Waals surface area contributed by atoms with Gasteiger partial charge in [-0.3, -0.25) is 4.79 Å². The van der Waals surface area contributed by atoms with Gasteiger partial charge in [-0.05, 0) is 32.0 Å². The highest BCUT2D eigenvalue weighted by atomic mass is 32.1. The summed E-state index contributed by atoms with van der Waals surface area (Å²) in [5.41, 5.74) is 1.36. The van der Waals surface area contributed by atoms with E-state index in [2.05, 4.69) is 22.1 Å². The number of anilines is 1. The Hall–Kier alpha value is -2.23. The number of carbonyl (C=O) groups is 1. The van der Waals surface area contributed by atoms with Gasteiger partial charge in [-0.15, -0.1) is 11.3 Å². The first kappa shape index (κ1) is 15.2. The van der Waals surface area contributed by atoms with Crippen molar-refractivity contribution < 1.29 is 14.3 Å². The van der Waals surface area contributed by atoms with Crippen LogP contribution >= 0.6 is 11.3 Å². The molecule has 1 heterocycles. The smallest absolute Gasteiger partial charge is 0.267 e. The van der Waals surface area contributed by atoms with Crippen LogP contribution in [0.1, 0.15) is 25.9 Å². The van der Waals surface area contributed by atoms with Crippen LogP contribution in [0.4, 0.5) is 10.1 Å². The minimum atomic E-state index is -0.458. The monoisotopic (exact) mass is 304 g/mol. The number of rotatable bonds is 2. The molecule has 0 saturated carbocycles. The van der Waals surface area contributed by atoms with Crippen molar-refractivity contribution in [3.8, 4) is 11.8 Å². The second-order valence-electron chi connectivity index (χ2n) is 4.25. The van der Waals surface area contributed by atoms with E-state index in [9.17, 15) is 9.18 Å². The molecule has 4 nitrogen and oxygen atoms in total. The molecule has 2 N–H and O–H groups in total. The SMILES string of the molecule is Cc1nc(C)c(C(=O)Nc2ccc(F)cc2C#CCO)s1. The van der Waals surface area contributed by atoms with Crippen LogP contribution < -0.4 is 5.32 Å². The Balaban J connectivity index is 2.31. The van der Waals surface area contributed by atoms with Gasteiger partial charge in [0.25, 0.3) is 5.91 Å². The number of carbonyl (C=O) groups excluding carboxylic acids is 1. The van der Waals surface area contributed by atoms with Crippen LogP contribution in [-0.2, 0) is 0 Å². The normalized spacial score (nSPS) is 9.90. The molecule has 6 heteroatoms. The number of amides is 1. The van der Waals surface area contributed by atoms with Crippen LogP contribution in [0, 0.1) is 31.5 Å². The maximum atomic E-state index is 13.3. The fraction of sp³-hybridized carbons (Fsp3) is 0.200. The summed E-state index contributed by atoms with van der Waals surface area (Å²) in [6, 6.07) is 3.89. The van der Waals surface area contributed by atoms with Crippen molar-refractivity contribution >= 4 is 22.9 Å². The van der Waals surface area contributed by atoms with Gasteiger partial charge in [0, 0.05) is 0 Å². The summed E-state index contributed by atoms with van der Waals surface area (Å²) in [7, 11) is 0. The van der Waals surface area contributed by atoms with Crippen molar-refractivity contribution in [2.75, 3.05) is 11.9 Å². The van der Waals surface area contributed by atoms with Gasteiger partial charge in [0.2, 0.25) is 0 Å². The lowest BCUT2D eigenvalue weighted by atomic mass is 10.1. The van der Waals surface area contributed by atoms with E-state index < -0.39 is 5.82 Å². The number of aromatic nitrogens is 1. The van der Waals surface area contributed by atoms with Gasteiger partial charge in [0.15, 0.2) is 0 Å². The molecule has 108 valence electrons. The molecular weight excluding hydrogens is 291 g/mol. The predicted octanol–water partition coefficient (Wildman–Crippen LogP) is 2.50. The highest BCUT2D eigenvalue weighted by Gasteiger charge is 2.15. The van der Waals surface area contributed by atoms with Crippen molar-refractivity contribution in [2.45, 2.75) is 13.8 Å². The lowest BCUT2D eigenvalue weighted by molar-refractivity contribution is 0.102. The van der Waals surface area contributed by atoms with Gasteiger partial charge in [0.05, 0.1) is 22.0 Å². The maximum absolute atomic E-state index is 13.3. The van der Waals surface area contributed by atoms with Gasteiger partial charge in [-0.25, -0.2) is 9.37 Å². The Kier molecular flexibility index (Phi) is 4.68. The minimum absolute atomic E-state index is 0.309. The van der Waals surface area contributed by atoms with E-state index in [1.165, 1.54) is 29.5 Å². The Morgan fingerprint density at radius 1 is 1.48 bits per heavy atom. The maximum Gasteiger partial charge on any atom is 0.267 e. The summed E-state index contributed by atoms with van der Waals surface area (Å²) in [6.07, 6.45) is 0. The second kappa shape index (κ2) is 6.48. The first-order valence-corrected chi connectivity index (χ1v) is 6.97. The highest BCUT2D eigenvalue weighted by molar-refractivity contribution is 7.13. The summed E-state index contributed by atoms with van der Waals surface area (Å²) in [5, 5.41) is 12.2. The van der Waals surface area contributed by atoms with E-state index in [1.807, 2.05) is 6.92 Å². The number of nitrogens with zero attached hydrogens (tertiary/aromatic N) is 1. The van der Waals surface area contributed by atoms with Crippen molar-refractivity contribution in [3.63, 3.8) is 0 Å². The van der Waals surface area contributed by atoms with Crippen LogP contribution in [-0.4, -0.2) is 22.6 Å². The Morgan fingerprint density at radius 2 is 2.24 bits per heavy atom. The lowest BCUT2D eigenvalue weighted by Gasteiger charge is -2.07. The van der Waals surface area contributed by atoms with Crippen LogP contribution in [0.15, 0.2) is 18.2 Å². The molecule has 0 unspecified atom stereocenters. The number of aliphatic hydroxyl groups excluding tert-OH is 1. The number of aliphatic hydroxyl groups is 1. The average molecular weight is 304 g/mol. The van der Waals surface area contributed by atoms with Gasteiger partial charge in [-0.1, -0.05) is 11.8 Å². The standard InChI is InChI=1S/C15H13FN2O2S/c1-9-14(21-10(2)17-9)15(20)18-13-6-5-12(16)8-11(13)4-3-7-19/h5-6,8,19H,7H2,1-2H3,(H,18,20). The van der Waals surface area contributed by atoms with Crippen LogP contribution in [0.3, 0.4) is 0 Å². The topological polar surface area (TPSA) is 62.2 Å². The summed E-state index contributed by atoms with van der Waals surface area (Å²) in [6.45, 7) is 3.25. The van der Waals surface area contributed by atoms with Gasteiger partial charge < -0.3 is 10.4 Å². The van der Waals surface area contributed by atoms with Gasteiger partial charge >= 0.3 is 0 Å². The zero-order chi connectivity index (χ0) is 15.4. The van der Waals surface area contributed by atoms with Crippen LogP contribution in [0.5, 0.6) is 0 Å². The molecule has 0 spiro atoms. The Morgan fingerprint density at radius 3 is 2.86 bits per heavy atom. The minimum Gasteiger partial charge on any atom is -0.384 e. The third-order valence-electron chi connectivity index (χ3n) is 2.64. The molecule has 0 aliphatic carbocycles. The zero-order valence-corrected chi connectivity index (χ0v) is 12.3. The van der Waals surface area contributed by atoms with E-state index in [-0.39, 0.29) is 12.5 Å². The molecule has 0 fully saturated rings. The molecule has 1 aromatic carbocycles. The quantitative estimate of drug-likeness (QED) is 0.838. The molecule has 0 radical (unpaired) electrons. The molecule has 1 aromatic heterocycles. The fourth-order valence-electron chi connectivity index (χ4n) is 1.78. The number of halogens is 1. The predicted molar refractivity (Wildman–Crippen MR) is 79.9 cm³/mol. The number of nitrogens with one attached hydrogen (secondary N) is 1. The lowest BCUT2D eigenvalue weighted by Crippen LogP contribution is -2.12. The van der Waals surface area contributed by atoms with E-state index in [0.717, 1.165) is 5.01 Å². The van der Waals surface area contributed by atoms with Crippen molar-refractivity contribution in [3.05, 3.63) is 45.2 Å². The molecule has 0 bridgehead atoms. The molecule has 0 aliphatic heterocycles. The molecule has 2 rings (SSSR count). The number of hydrogen-bond donors (Lipinski definition) is 2. The summed E-state index contributed by atoms with van der Waals surface area (Å²) in [4.78, 5) is 16.9. The largest absolute Gasteiger partial charge is 0.384 e. The summed E-state index contributed by atoms with van der Waals surface area (Å²) < 4.78 is 13.3. The molecule has 1 amide bonds. The first-order chi connectivity index (χ1) is 10.0.